The van der Waals surface area contributed by atoms with Gasteiger partial charge in [-0.25, -0.2) is 9.13 Å². The zero-order chi connectivity index (χ0) is 72.3. The Morgan fingerprint density at radius 2 is 0.602 bits per heavy atom. The summed E-state index contributed by atoms with van der Waals surface area (Å²) in [6.45, 7) is 11.8. The Labute approximate surface area is 599 Å². The number of aliphatic hydroxyl groups is 1. The van der Waals surface area contributed by atoms with E-state index in [4.69, 9.17) is 37.0 Å². The van der Waals surface area contributed by atoms with Crippen LogP contribution in [0, 0.1) is 17.8 Å². The van der Waals surface area contributed by atoms with E-state index >= 15 is 0 Å². The standard InChI is InChI=1S/C79H150O17P2/c1-8-10-11-12-13-14-15-16-19-24-27-33-40-48-55-62-78(83)96-75(67-90-77(82)61-54-47-42-35-37-44-51-58-71(5)6)69-94-98(87,88)92-65-73(80)64-91-97(85,86)93-68-74(95-79(84)63-56-49-41-34-29-28-31-38-45-52-59-72(7)9-2)66-89-76(81)60-53-46-39-32-26-23-21-18-17-20-22-25-30-36-43-50-57-70(3)4/h14-16,19,70-75,80H,8-13,17-18,20-69H2,1-7H3,(H,85,86)(H,87,88)/b15-14-,19-16-/t72?,73?,74-,75-/m1/s1. The van der Waals surface area contributed by atoms with Crippen molar-refractivity contribution in [1.82, 2.24) is 0 Å². The molecule has 578 valence electrons. The van der Waals surface area contributed by atoms with Crippen LogP contribution in [0.4, 0.5) is 0 Å². The van der Waals surface area contributed by atoms with Gasteiger partial charge in [0, 0.05) is 25.7 Å². The fourth-order valence-corrected chi connectivity index (χ4v) is 13.1. The van der Waals surface area contributed by atoms with Crippen molar-refractivity contribution in [3.63, 3.8) is 0 Å². The van der Waals surface area contributed by atoms with Crippen LogP contribution >= 0.6 is 15.6 Å². The fourth-order valence-electron chi connectivity index (χ4n) is 11.6. The third-order valence-corrected chi connectivity index (χ3v) is 20.0. The van der Waals surface area contributed by atoms with Crippen LogP contribution in [0.1, 0.15) is 382 Å². The topological polar surface area (TPSA) is 237 Å². The van der Waals surface area contributed by atoms with Gasteiger partial charge in [0.2, 0.25) is 0 Å². The number of rotatable bonds is 75. The van der Waals surface area contributed by atoms with Gasteiger partial charge in [0.15, 0.2) is 12.2 Å². The smallest absolute Gasteiger partial charge is 0.462 e. The van der Waals surface area contributed by atoms with Crippen molar-refractivity contribution in [3.05, 3.63) is 24.3 Å². The van der Waals surface area contributed by atoms with Crippen molar-refractivity contribution in [1.29, 1.82) is 0 Å². The minimum Gasteiger partial charge on any atom is -0.462 e. The maximum absolute atomic E-state index is 13.1. The van der Waals surface area contributed by atoms with E-state index in [1.165, 1.54) is 173 Å². The molecule has 0 aromatic heterocycles. The minimum atomic E-state index is -4.97. The third kappa shape index (κ3) is 70.6. The number of hydrogen-bond acceptors (Lipinski definition) is 15. The molecular formula is C79H150O17P2. The number of unbranched alkanes of at least 4 members (excludes halogenated alkanes) is 39. The second kappa shape index (κ2) is 68.9. The molecule has 0 amide bonds. The zero-order valence-electron chi connectivity index (χ0n) is 63.7. The molecule has 17 nitrogen and oxygen atoms in total. The van der Waals surface area contributed by atoms with E-state index in [0.29, 0.717) is 31.6 Å². The first-order valence-corrected chi connectivity index (χ1v) is 43.2. The molecular weight excluding hydrogens is 1280 g/mol. The number of phosphoric ester groups is 2. The molecule has 0 aliphatic carbocycles. The summed E-state index contributed by atoms with van der Waals surface area (Å²) in [4.78, 5) is 72.9. The molecule has 0 aromatic carbocycles. The molecule has 98 heavy (non-hydrogen) atoms. The predicted molar refractivity (Wildman–Crippen MR) is 400 cm³/mol. The molecule has 3 N–H and O–H groups in total. The monoisotopic (exact) mass is 1430 g/mol. The van der Waals surface area contributed by atoms with E-state index in [-0.39, 0.29) is 25.7 Å². The highest BCUT2D eigenvalue weighted by atomic mass is 31.2. The lowest BCUT2D eigenvalue weighted by Gasteiger charge is -2.21. The molecule has 0 radical (unpaired) electrons. The number of carbonyl (C=O) groups is 4. The van der Waals surface area contributed by atoms with E-state index in [0.717, 1.165) is 121 Å². The molecule has 0 fully saturated rings. The highest BCUT2D eigenvalue weighted by Gasteiger charge is 2.30. The summed E-state index contributed by atoms with van der Waals surface area (Å²) in [7, 11) is -9.93. The SMILES string of the molecule is CCCCCC/C=C\C=C/CCCCCCCC(=O)O[C@H](COC(=O)CCCCCCCCCC(C)C)COP(=O)(O)OCC(O)COP(=O)(O)OC[C@@H](COC(=O)CCCCCCCCCCCCCCCCCCC(C)C)OC(=O)CCCCCCCCCCCCC(C)CC. The quantitative estimate of drug-likeness (QED) is 0.0169. The Bertz CT molecular complexity index is 2000. The Kier molecular flexibility index (Phi) is 67.2. The molecule has 0 aromatic rings. The molecule has 0 aliphatic heterocycles. The average molecular weight is 1430 g/mol. The zero-order valence-corrected chi connectivity index (χ0v) is 65.5. The average Bonchev–Trinajstić information content (AvgIpc) is 1.05. The van der Waals surface area contributed by atoms with E-state index < -0.39 is 97.5 Å². The second-order valence-electron chi connectivity index (χ2n) is 29.0. The molecule has 0 bridgehead atoms. The Morgan fingerprint density at radius 3 is 0.908 bits per heavy atom. The van der Waals surface area contributed by atoms with Crippen LogP contribution < -0.4 is 0 Å². The van der Waals surface area contributed by atoms with Gasteiger partial charge in [-0.1, -0.05) is 330 Å². The number of phosphoric acid groups is 2. The van der Waals surface area contributed by atoms with Crippen molar-refractivity contribution in [3.8, 4) is 0 Å². The molecule has 6 atom stereocenters. The van der Waals surface area contributed by atoms with Crippen LogP contribution in [0.2, 0.25) is 0 Å². The first-order chi connectivity index (χ1) is 47.3. The summed E-state index contributed by atoms with van der Waals surface area (Å²) < 4.78 is 68.6. The third-order valence-electron chi connectivity index (χ3n) is 18.1. The summed E-state index contributed by atoms with van der Waals surface area (Å²) in [6.07, 6.45) is 59.1. The number of ether oxygens (including phenoxy) is 4. The summed E-state index contributed by atoms with van der Waals surface area (Å²) in [5.41, 5.74) is 0. The van der Waals surface area contributed by atoms with Gasteiger partial charge in [0.05, 0.1) is 26.4 Å². The van der Waals surface area contributed by atoms with Gasteiger partial charge in [-0.15, -0.1) is 0 Å². The van der Waals surface area contributed by atoms with Crippen molar-refractivity contribution in [2.45, 2.75) is 401 Å². The van der Waals surface area contributed by atoms with Gasteiger partial charge in [-0.05, 0) is 69.1 Å². The maximum atomic E-state index is 13.1. The number of allylic oxidation sites excluding steroid dienone is 4. The predicted octanol–water partition coefficient (Wildman–Crippen LogP) is 22.9. The van der Waals surface area contributed by atoms with Crippen LogP contribution in [0.25, 0.3) is 0 Å². The number of aliphatic hydroxyl groups excluding tert-OH is 1. The van der Waals surface area contributed by atoms with E-state index in [1.807, 2.05) is 0 Å². The largest absolute Gasteiger partial charge is 0.472 e. The Morgan fingerprint density at radius 1 is 0.337 bits per heavy atom. The number of carbonyl (C=O) groups excluding carboxylic acids is 4. The van der Waals surface area contributed by atoms with E-state index in [1.54, 1.807) is 0 Å². The van der Waals surface area contributed by atoms with E-state index in [9.17, 15) is 43.2 Å². The normalized spacial score (nSPS) is 14.4. The van der Waals surface area contributed by atoms with Crippen LogP contribution in [0.3, 0.4) is 0 Å². The fraction of sp³-hybridized carbons (Fsp3) is 0.899. The Hall–Kier alpha value is -2.46. The molecule has 19 heteroatoms. The highest BCUT2D eigenvalue weighted by molar-refractivity contribution is 7.47. The maximum Gasteiger partial charge on any atom is 0.472 e. The molecule has 0 saturated heterocycles. The summed E-state index contributed by atoms with van der Waals surface area (Å²) in [6, 6.07) is 0. The molecule has 4 unspecified atom stereocenters. The first-order valence-electron chi connectivity index (χ1n) is 40.2. The van der Waals surface area contributed by atoms with E-state index in [2.05, 4.69) is 72.8 Å². The van der Waals surface area contributed by atoms with Gasteiger partial charge < -0.3 is 33.8 Å². The molecule has 0 aliphatic rings. The van der Waals surface area contributed by atoms with Crippen LogP contribution in [-0.4, -0.2) is 96.7 Å². The number of hydrogen-bond donors (Lipinski definition) is 3. The summed E-state index contributed by atoms with van der Waals surface area (Å²) in [5.74, 6) is 0.169. The van der Waals surface area contributed by atoms with Gasteiger partial charge in [0.25, 0.3) is 0 Å². The molecule has 0 rings (SSSR count). The first kappa shape index (κ1) is 95.5. The number of esters is 4. The van der Waals surface area contributed by atoms with Gasteiger partial charge in [-0.3, -0.25) is 37.3 Å². The summed E-state index contributed by atoms with van der Waals surface area (Å²) in [5, 5.41) is 10.6. The Balaban J connectivity index is 5.26. The molecule has 0 saturated carbocycles. The minimum absolute atomic E-state index is 0.0840. The van der Waals surface area contributed by atoms with Gasteiger partial charge in [-0.2, -0.15) is 0 Å². The molecule has 0 heterocycles. The van der Waals surface area contributed by atoms with Crippen molar-refractivity contribution >= 4 is 39.5 Å². The lowest BCUT2D eigenvalue weighted by Crippen LogP contribution is -2.30. The van der Waals surface area contributed by atoms with Gasteiger partial charge in [0.1, 0.15) is 19.3 Å². The molecule has 0 spiro atoms. The lowest BCUT2D eigenvalue weighted by molar-refractivity contribution is -0.161. The van der Waals surface area contributed by atoms with Crippen molar-refractivity contribution in [2.24, 2.45) is 17.8 Å². The van der Waals surface area contributed by atoms with Crippen molar-refractivity contribution < 1.29 is 80.2 Å². The van der Waals surface area contributed by atoms with Gasteiger partial charge >= 0.3 is 39.5 Å². The van der Waals surface area contributed by atoms with Crippen LogP contribution in [-0.2, 0) is 65.4 Å². The van der Waals surface area contributed by atoms with Crippen LogP contribution in [0.15, 0.2) is 24.3 Å². The lowest BCUT2D eigenvalue weighted by atomic mass is 9.99. The highest BCUT2D eigenvalue weighted by Crippen LogP contribution is 2.45. The van der Waals surface area contributed by atoms with Crippen molar-refractivity contribution in [2.75, 3.05) is 39.6 Å². The second-order valence-corrected chi connectivity index (χ2v) is 31.9. The summed E-state index contributed by atoms with van der Waals surface area (Å²) >= 11 is 0. The van der Waals surface area contributed by atoms with Crippen LogP contribution in [0.5, 0.6) is 0 Å².